The molecule has 24 heavy (non-hydrogen) atoms. The average molecular weight is 395 g/mol. The van der Waals surface area contributed by atoms with E-state index in [0.29, 0.717) is 21.8 Å². The number of halogens is 6. The topological polar surface area (TPSA) is 51.8 Å². The van der Waals surface area contributed by atoms with Crippen LogP contribution in [-0.4, -0.2) is 15.2 Å². The summed E-state index contributed by atoms with van der Waals surface area (Å²) in [5.41, 5.74) is -0.580. The maximum absolute atomic E-state index is 12.6. The fourth-order valence-electron chi connectivity index (χ4n) is 1.86. The van der Waals surface area contributed by atoms with Crippen LogP contribution in [0.1, 0.15) is 5.56 Å². The molecule has 124 valence electrons. The van der Waals surface area contributed by atoms with Crippen LogP contribution in [0.3, 0.4) is 0 Å². The molecular weight excluding hydrogens is 390 g/mol. The number of hydrogen-bond donors (Lipinski definition) is 0. The Morgan fingerprint density at radius 3 is 2.08 bits per heavy atom. The Hall–Kier alpha value is -1.83. The third kappa shape index (κ3) is 3.48. The second-order valence-electron chi connectivity index (χ2n) is 4.62. The third-order valence-corrected chi connectivity index (χ3v) is 3.63. The van der Waals surface area contributed by atoms with Gasteiger partial charge >= 0.3 is 6.18 Å². The highest BCUT2D eigenvalue weighted by atomic mass is 35.5. The minimum absolute atomic E-state index is 0.0588. The molecule has 0 fully saturated rings. The molecule has 0 saturated heterocycles. The van der Waals surface area contributed by atoms with Crippen LogP contribution in [0, 0.1) is 0 Å². The Balaban J connectivity index is 1.99. The number of alkyl halides is 3. The molecule has 0 saturated carbocycles. The highest BCUT2D eigenvalue weighted by Gasteiger charge is 2.32. The third-order valence-electron chi connectivity index (χ3n) is 2.91. The molecule has 10 heteroatoms. The Kier molecular flexibility index (Phi) is 4.42. The van der Waals surface area contributed by atoms with Gasteiger partial charge in [-0.2, -0.15) is 13.2 Å². The van der Waals surface area contributed by atoms with Crippen molar-refractivity contribution in [1.82, 2.24) is 15.2 Å². The highest BCUT2D eigenvalue weighted by molar-refractivity contribution is 6.35. The maximum atomic E-state index is 12.6. The summed E-state index contributed by atoms with van der Waals surface area (Å²) in [5.74, 6) is -0.0491. The van der Waals surface area contributed by atoms with E-state index in [4.69, 9.17) is 39.2 Å². The molecule has 0 amide bonds. The highest BCUT2D eigenvalue weighted by Crippen LogP contribution is 2.34. The summed E-state index contributed by atoms with van der Waals surface area (Å²) in [5, 5.41) is 8.01. The van der Waals surface area contributed by atoms with Gasteiger partial charge in [-0.15, -0.1) is 10.2 Å². The first-order chi connectivity index (χ1) is 11.2. The zero-order chi connectivity index (χ0) is 17.5. The molecule has 3 rings (SSSR count). The lowest BCUT2D eigenvalue weighted by atomic mass is 10.2. The van der Waals surface area contributed by atoms with E-state index in [1.165, 1.54) is 6.07 Å². The van der Waals surface area contributed by atoms with Gasteiger partial charge in [0.25, 0.3) is 5.89 Å². The zero-order valence-electron chi connectivity index (χ0n) is 11.4. The first kappa shape index (κ1) is 17.0. The molecule has 0 radical (unpaired) electrons. The quantitative estimate of drug-likeness (QED) is 0.553. The number of aromatic nitrogens is 3. The fraction of sp³-hybridized carbons (Fsp3) is 0.0714. The van der Waals surface area contributed by atoms with Crippen LogP contribution in [0.25, 0.3) is 23.0 Å². The monoisotopic (exact) mass is 393 g/mol. The van der Waals surface area contributed by atoms with Gasteiger partial charge in [-0.05, 0) is 24.3 Å². The summed E-state index contributed by atoms with van der Waals surface area (Å²) in [6.45, 7) is 0. The Morgan fingerprint density at radius 2 is 1.50 bits per heavy atom. The van der Waals surface area contributed by atoms with Crippen LogP contribution >= 0.6 is 34.8 Å². The second kappa shape index (κ2) is 6.23. The van der Waals surface area contributed by atoms with Gasteiger partial charge in [0, 0.05) is 21.8 Å². The second-order valence-corrected chi connectivity index (χ2v) is 5.90. The van der Waals surface area contributed by atoms with Crippen molar-refractivity contribution in [3.05, 3.63) is 51.1 Å². The lowest BCUT2D eigenvalue weighted by Gasteiger charge is -2.07. The Morgan fingerprint density at radius 1 is 0.875 bits per heavy atom. The van der Waals surface area contributed by atoms with E-state index < -0.39 is 11.7 Å². The van der Waals surface area contributed by atoms with Gasteiger partial charge in [0.2, 0.25) is 5.89 Å². The minimum atomic E-state index is -4.55. The number of pyridine rings is 1. The Labute approximate surface area is 148 Å². The van der Waals surface area contributed by atoms with Crippen LogP contribution in [0.4, 0.5) is 13.2 Å². The van der Waals surface area contributed by atoms with Crippen LogP contribution in [-0.2, 0) is 6.18 Å². The molecule has 2 aromatic heterocycles. The molecule has 1 aromatic carbocycles. The first-order valence-electron chi connectivity index (χ1n) is 6.27. The van der Waals surface area contributed by atoms with Crippen LogP contribution in [0.2, 0.25) is 15.1 Å². The van der Waals surface area contributed by atoms with Crippen molar-refractivity contribution in [2.75, 3.05) is 0 Å². The first-order valence-corrected chi connectivity index (χ1v) is 7.40. The summed E-state index contributed by atoms with van der Waals surface area (Å²) in [7, 11) is 0. The molecule has 0 bridgehead atoms. The summed E-state index contributed by atoms with van der Waals surface area (Å²) in [6, 6.07) is 5.36. The molecular formula is C14H5Cl3F3N3O. The molecule has 0 atom stereocenters. The van der Waals surface area contributed by atoms with E-state index in [1.54, 1.807) is 12.1 Å². The largest absolute Gasteiger partial charge is 0.417 e. The standard InChI is InChI=1S/C14H5Cl3F3N3O/c15-8-1-6(2-9(16)4-8)12-22-23-13(24-12)11-10(17)3-7(5-21-11)14(18,19)20/h1-5H. The van der Waals surface area contributed by atoms with E-state index in [9.17, 15) is 13.2 Å². The molecule has 0 spiro atoms. The van der Waals surface area contributed by atoms with E-state index in [1.807, 2.05) is 0 Å². The van der Waals surface area contributed by atoms with Crippen molar-refractivity contribution >= 4 is 34.8 Å². The summed E-state index contributed by atoms with van der Waals surface area (Å²) >= 11 is 17.6. The smallest absolute Gasteiger partial charge is 0.415 e. The van der Waals surface area contributed by atoms with Crippen molar-refractivity contribution in [3.63, 3.8) is 0 Å². The van der Waals surface area contributed by atoms with Gasteiger partial charge in [-0.25, -0.2) is 4.98 Å². The predicted molar refractivity (Wildman–Crippen MR) is 83.0 cm³/mol. The lowest BCUT2D eigenvalue weighted by molar-refractivity contribution is -0.137. The predicted octanol–water partition coefficient (Wildman–Crippen LogP) is 5.78. The van der Waals surface area contributed by atoms with Crippen LogP contribution in [0.5, 0.6) is 0 Å². The van der Waals surface area contributed by atoms with Crippen molar-refractivity contribution in [3.8, 4) is 23.0 Å². The molecule has 0 N–H and O–H groups in total. The van der Waals surface area contributed by atoms with E-state index in [2.05, 4.69) is 15.2 Å². The number of nitrogens with zero attached hydrogens (tertiary/aromatic N) is 3. The van der Waals surface area contributed by atoms with Crippen molar-refractivity contribution in [2.45, 2.75) is 6.18 Å². The minimum Gasteiger partial charge on any atom is -0.415 e. The van der Waals surface area contributed by atoms with Gasteiger partial charge < -0.3 is 4.42 Å². The number of benzene rings is 1. The molecule has 0 aliphatic rings. The average Bonchev–Trinajstić information content (AvgIpc) is 2.94. The summed E-state index contributed by atoms with van der Waals surface area (Å²) in [4.78, 5) is 3.66. The molecule has 0 aliphatic carbocycles. The number of rotatable bonds is 2. The van der Waals surface area contributed by atoms with E-state index >= 15 is 0 Å². The molecule has 4 nitrogen and oxygen atoms in total. The summed E-state index contributed by atoms with van der Waals surface area (Å²) < 4.78 is 43.3. The van der Waals surface area contributed by atoms with Gasteiger partial charge in [-0.3, -0.25) is 0 Å². The van der Waals surface area contributed by atoms with Gasteiger partial charge in [-0.1, -0.05) is 34.8 Å². The van der Waals surface area contributed by atoms with Crippen LogP contribution < -0.4 is 0 Å². The van der Waals surface area contributed by atoms with E-state index in [-0.39, 0.29) is 22.5 Å². The SMILES string of the molecule is FC(F)(F)c1cnc(-c2nnc(-c3cc(Cl)cc(Cl)c3)o2)c(Cl)c1. The van der Waals surface area contributed by atoms with Crippen molar-refractivity contribution < 1.29 is 17.6 Å². The molecule has 0 aliphatic heterocycles. The molecule has 0 unspecified atom stereocenters. The normalized spacial score (nSPS) is 11.8. The Bertz CT molecular complexity index is 892. The zero-order valence-corrected chi connectivity index (χ0v) is 13.7. The lowest BCUT2D eigenvalue weighted by Crippen LogP contribution is -2.05. The molecule has 3 aromatic rings. The van der Waals surface area contributed by atoms with Gasteiger partial charge in [0.05, 0.1) is 10.6 Å². The van der Waals surface area contributed by atoms with Crippen molar-refractivity contribution in [1.29, 1.82) is 0 Å². The van der Waals surface area contributed by atoms with Gasteiger partial charge in [0.15, 0.2) is 0 Å². The maximum Gasteiger partial charge on any atom is 0.417 e. The van der Waals surface area contributed by atoms with Crippen molar-refractivity contribution in [2.24, 2.45) is 0 Å². The summed E-state index contributed by atoms with van der Waals surface area (Å²) in [6.07, 6.45) is -3.91. The molecule has 2 heterocycles. The number of hydrogen-bond acceptors (Lipinski definition) is 4. The van der Waals surface area contributed by atoms with E-state index in [0.717, 1.165) is 6.07 Å². The fourth-order valence-corrected chi connectivity index (χ4v) is 2.64. The van der Waals surface area contributed by atoms with Gasteiger partial charge in [0.1, 0.15) is 5.69 Å². The van der Waals surface area contributed by atoms with Crippen LogP contribution in [0.15, 0.2) is 34.9 Å².